The Kier molecular flexibility index (Phi) is 8.15. The van der Waals surface area contributed by atoms with Gasteiger partial charge in [-0.05, 0) is 80.7 Å². The molecule has 0 unspecified atom stereocenters. The number of amides is 3. The predicted molar refractivity (Wildman–Crippen MR) is 143 cm³/mol. The molecule has 12 heteroatoms. The largest absolute Gasteiger partial charge is 0.439 e. The van der Waals surface area contributed by atoms with Crippen molar-refractivity contribution in [1.82, 2.24) is 14.9 Å². The van der Waals surface area contributed by atoms with Gasteiger partial charge in [0.2, 0.25) is 11.8 Å². The van der Waals surface area contributed by atoms with Crippen LogP contribution in [-0.2, 0) is 17.5 Å². The first-order chi connectivity index (χ1) is 19.2. The summed E-state index contributed by atoms with van der Waals surface area (Å²) in [5, 5.41) is 7.80. The van der Waals surface area contributed by atoms with Gasteiger partial charge in [0.15, 0.2) is 0 Å². The summed E-state index contributed by atoms with van der Waals surface area (Å²) in [6.45, 7) is 1.78. The zero-order valence-corrected chi connectivity index (χ0v) is 21.6. The van der Waals surface area contributed by atoms with Gasteiger partial charge in [-0.3, -0.25) is 9.69 Å². The molecule has 3 amide bonds. The van der Waals surface area contributed by atoms with Crippen LogP contribution < -0.4 is 20.7 Å². The van der Waals surface area contributed by atoms with Gasteiger partial charge in [-0.2, -0.15) is 13.2 Å². The molecule has 3 N–H and O–H groups in total. The van der Waals surface area contributed by atoms with Gasteiger partial charge in [-0.15, -0.1) is 0 Å². The summed E-state index contributed by atoms with van der Waals surface area (Å²) in [6.07, 6.45) is 1.55. The van der Waals surface area contributed by atoms with E-state index in [1.807, 2.05) is 4.90 Å². The Bertz CT molecular complexity index is 1360. The number of likely N-dealkylation sites (tertiary alicyclic amines) is 1. The number of urea groups is 1. The van der Waals surface area contributed by atoms with Crippen molar-refractivity contribution < 1.29 is 27.5 Å². The van der Waals surface area contributed by atoms with Crippen LogP contribution in [0, 0.1) is 5.92 Å². The Hall–Kier alpha value is -4.19. The van der Waals surface area contributed by atoms with Crippen molar-refractivity contribution in [1.29, 1.82) is 0 Å². The molecule has 9 nitrogen and oxygen atoms in total. The monoisotopic (exact) mass is 554 g/mol. The average molecular weight is 555 g/mol. The third kappa shape index (κ3) is 7.47. The number of alkyl halides is 3. The number of benzene rings is 2. The zero-order valence-electron chi connectivity index (χ0n) is 21.6. The van der Waals surface area contributed by atoms with Crippen molar-refractivity contribution in [2.24, 2.45) is 5.92 Å². The molecule has 3 aromatic rings. The molecule has 1 saturated heterocycles. The van der Waals surface area contributed by atoms with E-state index in [-0.39, 0.29) is 35.5 Å². The second kappa shape index (κ2) is 11.9. The highest BCUT2D eigenvalue weighted by Crippen LogP contribution is 2.35. The number of anilines is 3. The van der Waals surface area contributed by atoms with E-state index in [0.29, 0.717) is 17.3 Å². The molecule has 0 atom stereocenters. The fourth-order valence-electron chi connectivity index (χ4n) is 4.47. The van der Waals surface area contributed by atoms with E-state index < -0.39 is 17.8 Å². The van der Waals surface area contributed by atoms with Crippen LogP contribution in [0.1, 0.15) is 43.2 Å². The lowest BCUT2D eigenvalue weighted by atomic mass is 10.0. The molecule has 1 saturated carbocycles. The second-order valence-corrected chi connectivity index (χ2v) is 9.92. The Balaban J connectivity index is 1.17. The van der Waals surface area contributed by atoms with Crippen LogP contribution in [0.15, 0.2) is 54.9 Å². The highest BCUT2D eigenvalue weighted by molar-refractivity contribution is 5.99. The minimum absolute atomic E-state index is 0.0343. The van der Waals surface area contributed by atoms with Gasteiger partial charge in [0.1, 0.15) is 17.9 Å². The summed E-state index contributed by atoms with van der Waals surface area (Å²) < 4.78 is 47.1. The van der Waals surface area contributed by atoms with Crippen molar-refractivity contribution >= 4 is 29.1 Å². The molecule has 0 bridgehead atoms. The highest BCUT2D eigenvalue weighted by atomic mass is 19.4. The van der Waals surface area contributed by atoms with Crippen LogP contribution in [0.2, 0.25) is 0 Å². The fourth-order valence-corrected chi connectivity index (χ4v) is 4.47. The number of piperidine rings is 1. The van der Waals surface area contributed by atoms with Crippen LogP contribution in [0.5, 0.6) is 11.6 Å². The predicted octanol–water partition coefficient (Wildman–Crippen LogP) is 6.27. The quantitative estimate of drug-likeness (QED) is 0.303. The molecule has 0 radical (unpaired) electrons. The summed E-state index contributed by atoms with van der Waals surface area (Å²) in [4.78, 5) is 34.5. The van der Waals surface area contributed by atoms with Crippen molar-refractivity contribution in [2.75, 3.05) is 29.0 Å². The number of rotatable bonds is 8. The maximum absolute atomic E-state index is 13.8. The van der Waals surface area contributed by atoms with Gasteiger partial charge >= 0.3 is 12.2 Å². The number of carbonyl (C=O) groups excluding carboxylic acids is 2. The van der Waals surface area contributed by atoms with E-state index >= 15 is 0 Å². The Labute approximate surface area is 229 Å². The van der Waals surface area contributed by atoms with E-state index in [1.54, 1.807) is 24.3 Å². The zero-order chi connectivity index (χ0) is 28.1. The summed E-state index contributed by atoms with van der Waals surface area (Å²) in [7, 11) is 0. The van der Waals surface area contributed by atoms with E-state index in [0.717, 1.165) is 51.3 Å². The molecule has 5 rings (SSSR count). The SMILES string of the molecule is O=C(Nc1ccc(Oc2cc(NC(=O)C3CC3)ncn2)cc1)Nc1ccc(CN2CCCCC2)c(C(F)(F)F)c1. The molecule has 2 aromatic carbocycles. The number of nitrogens with zero attached hydrogens (tertiary/aromatic N) is 3. The fraction of sp³-hybridized carbons (Fsp3) is 0.357. The number of aromatic nitrogens is 2. The van der Waals surface area contributed by atoms with Crippen molar-refractivity contribution in [3.8, 4) is 11.6 Å². The van der Waals surface area contributed by atoms with Gasteiger partial charge in [-0.1, -0.05) is 12.5 Å². The third-order valence-corrected chi connectivity index (χ3v) is 6.69. The van der Waals surface area contributed by atoms with Crippen LogP contribution in [-0.4, -0.2) is 39.9 Å². The highest BCUT2D eigenvalue weighted by Gasteiger charge is 2.34. The molecule has 0 spiro atoms. The first kappa shape index (κ1) is 27.4. The van der Waals surface area contributed by atoms with Crippen LogP contribution >= 0.6 is 0 Å². The minimum Gasteiger partial charge on any atom is -0.439 e. The molecular formula is C28H29F3N6O3. The van der Waals surface area contributed by atoms with E-state index in [2.05, 4.69) is 25.9 Å². The van der Waals surface area contributed by atoms with Gasteiger partial charge in [0.05, 0.1) is 5.56 Å². The van der Waals surface area contributed by atoms with Crippen molar-refractivity contribution in [3.05, 3.63) is 66.0 Å². The molecule has 1 aromatic heterocycles. The molecule has 1 aliphatic carbocycles. The Morgan fingerprint density at radius 2 is 1.60 bits per heavy atom. The Morgan fingerprint density at radius 1 is 0.900 bits per heavy atom. The molecule has 1 aliphatic heterocycles. The van der Waals surface area contributed by atoms with E-state index in [9.17, 15) is 22.8 Å². The minimum atomic E-state index is -4.54. The van der Waals surface area contributed by atoms with Crippen LogP contribution in [0.25, 0.3) is 0 Å². The average Bonchev–Trinajstić information content (AvgIpc) is 3.77. The molecule has 2 heterocycles. The number of hydrogen-bond donors (Lipinski definition) is 3. The van der Waals surface area contributed by atoms with Crippen molar-refractivity contribution in [2.45, 2.75) is 44.8 Å². The number of halogens is 3. The van der Waals surface area contributed by atoms with Crippen molar-refractivity contribution in [3.63, 3.8) is 0 Å². The first-order valence-electron chi connectivity index (χ1n) is 13.1. The standard InChI is InChI=1S/C28H29F3N6O3/c29-28(30,31)23-14-21(7-6-19(23)16-37-12-2-1-3-13-37)35-27(39)34-20-8-10-22(11-9-20)40-25-15-24(32-17-33-25)36-26(38)18-4-5-18/h6-11,14-15,17-18H,1-5,12-13,16H2,(H2,34,35,39)(H,32,33,36,38). The first-order valence-corrected chi connectivity index (χ1v) is 13.1. The maximum atomic E-state index is 13.8. The topological polar surface area (TPSA) is 108 Å². The summed E-state index contributed by atoms with van der Waals surface area (Å²) >= 11 is 0. The van der Waals surface area contributed by atoms with Crippen LogP contribution in [0.4, 0.5) is 35.2 Å². The van der Waals surface area contributed by atoms with Gasteiger partial charge < -0.3 is 20.7 Å². The normalized spacial score (nSPS) is 15.8. The van der Waals surface area contributed by atoms with Gasteiger partial charge in [0, 0.05) is 29.9 Å². The molecule has 210 valence electrons. The summed E-state index contributed by atoms with van der Waals surface area (Å²) in [5.74, 6) is 0.936. The lowest BCUT2D eigenvalue weighted by Gasteiger charge is -2.27. The lowest BCUT2D eigenvalue weighted by Crippen LogP contribution is -2.30. The lowest BCUT2D eigenvalue weighted by molar-refractivity contribution is -0.138. The van der Waals surface area contributed by atoms with E-state index in [1.165, 1.54) is 24.5 Å². The molecule has 2 fully saturated rings. The molecular weight excluding hydrogens is 525 g/mol. The third-order valence-electron chi connectivity index (χ3n) is 6.69. The second-order valence-electron chi connectivity index (χ2n) is 9.92. The van der Waals surface area contributed by atoms with Crippen LogP contribution in [0.3, 0.4) is 0 Å². The maximum Gasteiger partial charge on any atom is 0.416 e. The Morgan fingerprint density at radius 3 is 2.30 bits per heavy atom. The molecule has 40 heavy (non-hydrogen) atoms. The molecule has 2 aliphatic rings. The number of nitrogens with one attached hydrogen (secondary N) is 3. The number of carbonyl (C=O) groups is 2. The van der Waals surface area contributed by atoms with Gasteiger partial charge in [-0.25, -0.2) is 14.8 Å². The van der Waals surface area contributed by atoms with Gasteiger partial charge in [0.25, 0.3) is 0 Å². The summed E-state index contributed by atoms with van der Waals surface area (Å²) in [6, 6.07) is 11.0. The van der Waals surface area contributed by atoms with E-state index in [4.69, 9.17) is 4.74 Å². The summed E-state index contributed by atoms with van der Waals surface area (Å²) in [5.41, 5.74) is -0.113. The smallest absolute Gasteiger partial charge is 0.416 e. The number of hydrogen-bond acceptors (Lipinski definition) is 6. The number of ether oxygens (including phenoxy) is 1.